The van der Waals surface area contributed by atoms with Crippen molar-refractivity contribution in [2.45, 2.75) is 20.0 Å². The Balaban J connectivity index is 1.87. The van der Waals surface area contributed by atoms with E-state index in [1.54, 1.807) is 30.3 Å². The number of para-hydroxylation sites is 2. The van der Waals surface area contributed by atoms with Crippen molar-refractivity contribution in [3.05, 3.63) is 52.5 Å². The van der Waals surface area contributed by atoms with Crippen LogP contribution in [0.15, 0.2) is 42.5 Å². The Kier molecular flexibility index (Phi) is 7.76. The second kappa shape index (κ2) is 10.0. The SMILES string of the molecule is CCOc1ccccc1OCC(=O)O[C@H](C)C(=O)Nc1cc(Cl)cc(Cl)c1. The van der Waals surface area contributed by atoms with E-state index in [-0.39, 0.29) is 6.61 Å². The number of ether oxygens (including phenoxy) is 3. The molecular formula is C19H19Cl2NO5. The Labute approximate surface area is 167 Å². The summed E-state index contributed by atoms with van der Waals surface area (Å²) in [5.41, 5.74) is 0.405. The maximum absolute atomic E-state index is 12.1. The number of hydrogen-bond donors (Lipinski definition) is 1. The van der Waals surface area contributed by atoms with Crippen molar-refractivity contribution in [3.63, 3.8) is 0 Å². The summed E-state index contributed by atoms with van der Waals surface area (Å²) in [5, 5.41) is 3.34. The Bertz CT molecular complexity index is 792. The van der Waals surface area contributed by atoms with E-state index < -0.39 is 18.0 Å². The third-order valence-electron chi connectivity index (χ3n) is 3.30. The Morgan fingerprint density at radius 3 is 2.22 bits per heavy atom. The Hall–Kier alpha value is -2.44. The minimum atomic E-state index is -1.03. The van der Waals surface area contributed by atoms with Gasteiger partial charge in [0, 0.05) is 15.7 Å². The van der Waals surface area contributed by atoms with Crippen LogP contribution in [0.1, 0.15) is 13.8 Å². The maximum Gasteiger partial charge on any atom is 0.344 e. The lowest BCUT2D eigenvalue weighted by Gasteiger charge is -2.15. The van der Waals surface area contributed by atoms with Crippen molar-refractivity contribution >= 4 is 40.8 Å². The first-order chi connectivity index (χ1) is 12.9. The fourth-order valence-electron chi connectivity index (χ4n) is 2.14. The minimum absolute atomic E-state index is 0.356. The summed E-state index contributed by atoms with van der Waals surface area (Å²) in [6, 6.07) is 11.6. The van der Waals surface area contributed by atoms with Crippen LogP contribution in [0.3, 0.4) is 0 Å². The fourth-order valence-corrected chi connectivity index (χ4v) is 2.66. The number of esters is 1. The predicted molar refractivity (Wildman–Crippen MR) is 104 cm³/mol. The molecule has 0 unspecified atom stereocenters. The molecule has 0 bridgehead atoms. The van der Waals surface area contributed by atoms with E-state index in [1.807, 2.05) is 6.92 Å². The molecule has 0 aliphatic carbocycles. The molecule has 1 N–H and O–H groups in total. The molecule has 0 radical (unpaired) electrons. The fraction of sp³-hybridized carbons (Fsp3) is 0.263. The van der Waals surface area contributed by atoms with Crippen LogP contribution in [0.5, 0.6) is 11.5 Å². The van der Waals surface area contributed by atoms with Crippen LogP contribution in [0, 0.1) is 0 Å². The summed E-state index contributed by atoms with van der Waals surface area (Å²) in [4.78, 5) is 24.1. The van der Waals surface area contributed by atoms with E-state index in [2.05, 4.69) is 5.32 Å². The van der Waals surface area contributed by atoms with Gasteiger partial charge in [0.2, 0.25) is 0 Å². The standard InChI is InChI=1S/C19H19Cl2NO5/c1-3-25-16-6-4-5-7-17(16)26-11-18(23)27-12(2)19(24)22-15-9-13(20)8-14(21)10-15/h4-10,12H,3,11H2,1-2H3,(H,22,24)/t12-/m1/s1. The van der Waals surface area contributed by atoms with Crippen LogP contribution in [-0.4, -0.2) is 31.2 Å². The van der Waals surface area contributed by atoms with Gasteiger partial charge in [-0.1, -0.05) is 35.3 Å². The molecule has 0 saturated carbocycles. The van der Waals surface area contributed by atoms with Gasteiger partial charge >= 0.3 is 5.97 Å². The van der Waals surface area contributed by atoms with Gasteiger partial charge in [0.25, 0.3) is 5.91 Å². The van der Waals surface area contributed by atoms with Crippen molar-refractivity contribution in [3.8, 4) is 11.5 Å². The molecule has 0 aromatic heterocycles. The van der Waals surface area contributed by atoms with E-state index in [0.717, 1.165) is 0 Å². The van der Waals surface area contributed by atoms with E-state index in [1.165, 1.54) is 19.1 Å². The molecule has 0 spiro atoms. The summed E-state index contributed by atoms with van der Waals surface area (Å²) in [7, 11) is 0. The van der Waals surface area contributed by atoms with E-state index in [9.17, 15) is 9.59 Å². The van der Waals surface area contributed by atoms with Gasteiger partial charge in [0.1, 0.15) is 0 Å². The molecule has 0 saturated heterocycles. The molecular weight excluding hydrogens is 393 g/mol. The molecule has 0 heterocycles. The van der Waals surface area contributed by atoms with Crippen molar-refractivity contribution in [1.82, 2.24) is 0 Å². The van der Waals surface area contributed by atoms with Crippen molar-refractivity contribution in [2.75, 3.05) is 18.5 Å². The summed E-state index contributed by atoms with van der Waals surface area (Å²) >= 11 is 11.8. The van der Waals surface area contributed by atoms with Gasteiger partial charge in [0.05, 0.1) is 6.61 Å². The van der Waals surface area contributed by atoms with Crippen LogP contribution in [0.2, 0.25) is 10.0 Å². The van der Waals surface area contributed by atoms with Gasteiger partial charge in [-0.2, -0.15) is 0 Å². The number of carbonyl (C=O) groups is 2. The lowest BCUT2D eigenvalue weighted by molar-refractivity contribution is -0.155. The maximum atomic E-state index is 12.1. The molecule has 1 amide bonds. The number of halogens is 2. The number of rotatable bonds is 8. The highest BCUT2D eigenvalue weighted by molar-refractivity contribution is 6.35. The largest absolute Gasteiger partial charge is 0.490 e. The van der Waals surface area contributed by atoms with Crippen LogP contribution < -0.4 is 14.8 Å². The highest BCUT2D eigenvalue weighted by Gasteiger charge is 2.19. The lowest BCUT2D eigenvalue weighted by atomic mass is 10.3. The molecule has 1 atom stereocenters. The first-order valence-electron chi connectivity index (χ1n) is 8.20. The second-order valence-electron chi connectivity index (χ2n) is 5.45. The number of nitrogens with one attached hydrogen (secondary N) is 1. The molecule has 0 aliphatic rings. The number of hydrogen-bond acceptors (Lipinski definition) is 5. The van der Waals surface area contributed by atoms with Gasteiger partial charge in [-0.05, 0) is 44.2 Å². The highest BCUT2D eigenvalue weighted by Crippen LogP contribution is 2.26. The molecule has 27 heavy (non-hydrogen) atoms. The predicted octanol–water partition coefficient (Wildman–Crippen LogP) is 4.34. The Morgan fingerprint density at radius 2 is 1.63 bits per heavy atom. The van der Waals surface area contributed by atoms with Gasteiger partial charge in [-0.25, -0.2) is 4.79 Å². The summed E-state index contributed by atoms with van der Waals surface area (Å²) < 4.78 is 15.9. The number of carbonyl (C=O) groups excluding carboxylic acids is 2. The topological polar surface area (TPSA) is 73.9 Å². The normalized spacial score (nSPS) is 11.4. The summed E-state index contributed by atoms with van der Waals surface area (Å²) in [5.74, 6) is -0.261. The van der Waals surface area contributed by atoms with E-state index in [0.29, 0.717) is 33.8 Å². The minimum Gasteiger partial charge on any atom is -0.490 e. The molecule has 2 rings (SSSR count). The summed E-state index contributed by atoms with van der Waals surface area (Å²) in [6.07, 6.45) is -1.03. The highest BCUT2D eigenvalue weighted by atomic mass is 35.5. The van der Waals surface area contributed by atoms with Gasteiger partial charge in [-0.3, -0.25) is 4.79 Å². The van der Waals surface area contributed by atoms with Gasteiger partial charge in [-0.15, -0.1) is 0 Å². The molecule has 0 aliphatic heterocycles. The number of amides is 1. The van der Waals surface area contributed by atoms with Crippen LogP contribution in [0.4, 0.5) is 5.69 Å². The zero-order valence-corrected chi connectivity index (χ0v) is 16.3. The van der Waals surface area contributed by atoms with Gasteiger partial charge in [0.15, 0.2) is 24.2 Å². The van der Waals surface area contributed by atoms with Gasteiger partial charge < -0.3 is 19.5 Å². The lowest BCUT2D eigenvalue weighted by Crippen LogP contribution is -2.31. The van der Waals surface area contributed by atoms with E-state index >= 15 is 0 Å². The monoisotopic (exact) mass is 411 g/mol. The van der Waals surface area contributed by atoms with Crippen molar-refractivity contribution in [1.29, 1.82) is 0 Å². The average molecular weight is 412 g/mol. The zero-order chi connectivity index (χ0) is 19.8. The molecule has 2 aromatic rings. The first-order valence-corrected chi connectivity index (χ1v) is 8.95. The third-order valence-corrected chi connectivity index (χ3v) is 3.74. The number of anilines is 1. The molecule has 0 fully saturated rings. The van der Waals surface area contributed by atoms with Crippen molar-refractivity contribution in [2.24, 2.45) is 0 Å². The zero-order valence-electron chi connectivity index (χ0n) is 14.8. The van der Waals surface area contributed by atoms with Crippen molar-refractivity contribution < 1.29 is 23.8 Å². The number of benzene rings is 2. The molecule has 6 nitrogen and oxygen atoms in total. The Morgan fingerprint density at radius 1 is 1.04 bits per heavy atom. The molecule has 8 heteroatoms. The molecule has 144 valence electrons. The third kappa shape index (κ3) is 6.66. The van der Waals surface area contributed by atoms with Crippen LogP contribution >= 0.6 is 23.2 Å². The van der Waals surface area contributed by atoms with Crippen LogP contribution in [-0.2, 0) is 14.3 Å². The second-order valence-corrected chi connectivity index (χ2v) is 6.32. The first kappa shape index (κ1) is 20.9. The van der Waals surface area contributed by atoms with E-state index in [4.69, 9.17) is 37.4 Å². The van der Waals surface area contributed by atoms with Crippen LogP contribution in [0.25, 0.3) is 0 Å². The summed E-state index contributed by atoms with van der Waals surface area (Å²) in [6.45, 7) is 3.41. The molecule has 2 aromatic carbocycles. The smallest absolute Gasteiger partial charge is 0.344 e. The average Bonchev–Trinajstić information content (AvgIpc) is 2.60. The quantitative estimate of drug-likeness (QED) is 0.653.